The zero-order valence-electron chi connectivity index (χ0n) is 9.12. The Balaban J connectivity index is 3.12. The van der Waals surface area contributed by atoms with Gasteiger partial charge in [-0.1, -0.05) is 12.1 Å². The summed E-state index contributed by atoms with van der Waals surface area (Å²) in [5.41, 5.74) is 0.904. The topological polar surface area (TPSA) is 47.9 Å². The largest absolute Gasteiger partial charge is 0.493 e. The predicted molar refractivity (Wildman–Crippen MR) is 55.5 cm³/mol. The molecule has 5 heteroatoms. The van der Waals surface area contributed by atoms with Gasteiger partial charge in [-0.15, -0.1) is 0 Å². The number of methoxy groups -OCH3 is 2. The molecule has 0 amide bonds. The van der Waals surface area contributed by atoms with E-state index >= 15 is 0 Å². The molecule has 0 N–H and O–H groups in total. The number of isocyanates is 1. The van der Waals surface area contributed by atoms with Gasteiger partial charge in [-0.25, -0.2) is 14.2 Å². The highest BCUT2D eigenvalue weighted by Gasteiger charge is 2.13. The zero-order chi connectivity index (χ0) is 12.0. The fraction of sp³-hybridized carbons (Fsp3) is 0.364. The lowest BCUT2D eigenvalue weighted by Crippen LogP contribution is -2.00. The number of hydrogen-bond acceptors (Lipinski definition) is 4. The van der Waals surface area contributed by atoms with Gasteiger partial charge in [0.2, 0.25) is 6.08 Å². The van der Waals surface area contributed by atoms with Gasteiger partial charge in [0.25, 0.3) is 0 Å². The van der Waals surface area contributed by atoms with Gasteiger partial charge >= 0.3 is 0 Å². The van der Waals surface area contributed by atoms with Gasteiger partial charge in [-0.05, 0) is 0 Å². The van der Waals surface area contributed by atoms with Crippen LogP contribution in [0.5, 0.6) is 5.75 Å². The Morgan fingerprint density at radius 2 is 2.06 bits per heavy atom. The van der Waals surface area contributed by atoms with E-state index in [-0.39, 0.29) is 18.9 Å². The van der Waals surface area contributed by atoms with Crippen LogP contribution in [0.15, 0.2) is 17.1 Å². The summed E-state index contributed by atoms with van der Waals surface area (Å²) in [6.07, 6.45) is 1.40. The van der Waals surface area contributed by atoms with Crippen molar-refractivity contribution >= 4 is 6.08 Å². The second-order valence-corrected chi connectivity index (χ2v) is 3.07. The van der Waals surface area contributed by atoms with Gasteiger partial charge in [0.1, 0.15) is 0 Å². The molecule has 0 spiro atoms. The number of rotatable bonds is 5. The molecule has 0 atom stereocenters. The minimum atomic E-state index is -0.483. The standard InChI is InChI=1S/C11H12FNO3/c1-15-6-9-4-3-8(5-13-7-14)11(16-2)10(9)12/h3-4H,5-6H2,1-2H3. The van der Waals surface area contributed by atoms with Crippen molar-refractivity contribution in [3.8, 4) is 5.75 Å². The Kier molecular flexibility index (Phi) is 4.64. The fourth-order valence-electron chi connectivity index (χ4n) is 1.37. The van der Waals surface area contributed by atoms with Crippen LogP contribution in [-0.4, -0.2) is 20.3 Å². The normalized spacial score (nSPS) is 9.69. The first kappa shape index (κ1) is 12.4. The predicted octanol–water partition coefficient (Wildman–Crippen LogP) is 1.82. The zero-order valence-corrected chi connectivity index (χ0v) is 9.12. The molecule has 1 rings (SSSR count). The molecular formula is C11H12FNO3. The molecule has 16 heavy (non-hydrogen) atoms. The molecule has 0 aliphatic rings. The highest BCUT2D eigenvalue weighted by atomic mass is 19.1. The first-order chi connectivity index (χ1) is 7.74. The SMILES string of the molecule is COCc1ccc(CN=C=O)c(OC)c1F. The lowest BCUT2D eigenvalue weighted by Gasteiger charge is -2.10. The maximum Gasteiger partial charge on any atom is 0.235 e. The van der Waals surface area contributed by atoms with Crippen LogP contribution >= 0.6 is 0 Å². The van der Waals surface area contributed by atoms with Gasteiger partial charge in [0.15, 0.2) is 11.6 Å². The van der Waals surface area contributed by atoms with Crippen molar-refractivity contribution in [2.75, 3.05) is 14.2 Å². The minimum Gasteiger partial charge on any atom is -0.493 e. The van der Waals surface area contributed by atoms with Crippen LogP contribution in [0, 0.1) is 5.82 Å². The lowest BCUT2D eigenvalue weighted by molar-refractivity contribution is 0.180. The summed E-state index contributed by atoms with van der Waals surface area (Å²) >= 11 is 0. The molecule has 0 aromatic heterocycles. The van der Waals surface area contributed by atoms with Gasteiger partial charge in [-0.2, -0.15) is 0 Å². The van der Waals surface area contributed by atoms with Gasteiger partial charge in [0, 0.05) is 18.2 Å². The fourth-order valence-corrected chi connectivity index (χ4v) is 1.37. The molecular weight excluding hydrogens is 213 g/mol. The van der Waals surface area contributed by atoms with Gasteiger partial charge in [0.05, 0.1) is 20.3 Å². The first-order valence-electron chi connectivity index (χ1n) is 4.61. The average molecular weight is 225 g/mol. The Labute approximate surface area is 92.7 Å². The molecule has 0 aliphatic carbocycles. The van der Waals surface area contributed by atoms with E-state index in [4.69, 9.17) is 9.47 Å². The number of hydrogen-bond donors (Lipinski definition) is 0. The van der Waals surface area contributed by atoms with Crippen LogP contribution in [0.4, 0.5) is 4.39 Å². The number of aliphatic imine (C=N–C) groups is 1. The smallest absolute Gasteiger partial charge is 0.235 e. The Morgan fingerprint density at radius 3 is 2.62 bits per heavy atom. The number of halogens is 1. The van der Waals surface area contributed by atoms with Crippen LogP contribution in [0.1, 0.15) is 11.1 Å². The van der Waals surface area contributed by atoms with Crippen LogP contribution < -0.4 is 4.74 Å². The molecule has 0 heterocycles. The highest BCUT2D eigenvalue weighted by molar-refractivity contribution is 5.41. The second kappa shape index (κ2) is 6.00. The summed E-state index contributed by atoms with van der Waals surface area (Å²) in [5, 5.41) is 0. The van der Waals surface area contributed by atoms with E-state index in [0.717, 1.165) is 0 Å². The molecule has 86 valence electrons. The third-order valence-electron chi connectivity index (χ3n) is 2.08. The van der Waals surface area contributed by atoms with Gasteiger partial charge in [-0.3, -0.25) is 0 Å². The van der Waals surface area contributed by atoms with E-state index in [0.29, 0.717) is 11.1 Å². The molecule has 4 nitrogen and oxygen atoms in total. The van der Waals surface area contributed by atoms with E-state index in [1.54, 1.807) is 12.1 Å². The molecule has 0 saturated carbocycles. The summed E-state index contributed by atoms with van der Waals surface area (Å²) in [6, 6.07) is 3.23. The van der Waals surface area contributed by atoms with Crippen molar-refractivity contribution in [1.29, 1.82) is 0 Å². The Bertz CT molecular complexity index is 414. The highest BCUT2D eigenvalue weighted by Crippen LogP contribution is 2.26. The van der Waals surface area contributed by atoms with Crippen molar-refractivity contribution in [1.82, 2.24) is 0 Å². The number of carbonyl (C=O) groups excluding carboxylic acids is 1. The molecule has 1 aromatic carbocycles. The maximum absolute atomic E-state index is 13.8. The number of nitrogens with zero attached hydrogens (tertiary/aromatic N) is 1. The molecule has 1 aromatic rings. The van der Waals surface area contributed by atoms with Crippen molar-refractivity contribution < 1.29 is 18.7 Å². The lowest BCUT2D eigenvalue weighted by atomic mass is 10.1. The van der Waals surface area contributed by atoms with Crippen molar-refractivity contribution in [2.24, 2.45) is 4.99 Å². The van der Waals surface area contributed by atoms with Crippen LogP contribution in [0.25, 0.3) is 0 Å². The third kappa shape index (κ3) is 2.66. The second-order valence-electron chi connectivity index (χ2n) is 3.07. The molecule has 0 saturated heterocycles. The quantitative estimate of drug-likeness (QED) is 0.567. The van der Waals surface area contributed by atoms with Crippen molar-refractivity contribution in [2.45, 2.75) is 13.2 Å². The monoisotopic (exact) mass is 225 g/mol. The van der Waals surface area contributed by atoms with Crippen molar-refractivity contribution in [3.63, 3.8) is 0 Å². The van der Waals surface area contributed by atoms with Crippen LogP contribution in [0.3, 0.4) is 0 Å². The summed E-state index contributed by atoms with van der Waals surface area (Å²) in [7, 11) is 2.85. The first-order valence-corrected chi connectivity index (χ1v) is 4.61. The minimum absolute atomic E-state index is 0.0524. The molecule has 0 fully saturated rings. The van der Waals surface area contributed by atoms with Crippen LogP contribution in [-0.2, 0) is 22.7 Å². The maximum atomic E-state index is 13.8. The van der Waals surface area contributed by atoms with E-state index in [9.17, 15) is 9.18 Å². The summed E-state index contributed by atoms with van der Waals surface area (Å²) in [6.45, 7) is 0.219. The molecule has 0 radical (unpaired) electrons. The van der Waals surface area contributed by atoms with E-state index in [2.05, 4.69) is 4.99 Å². The molecule has 0 aliphatic heterocycles. The summed E-state index contributed by atoms with van der Waals surface area (Å²) in [5.74, 6) is -0.392. The number of ether oxygens (including phenoxy) is 2. The third-order valence-corrected chi connectivity index (χ3v) is 2.08. The van der Waals surface area contributed by atoms with E-state index in [1.807, 2.05) is 0 Å². The molecule has 0 unspecified atom stereocenters. The Hall–Kier alpha value is -1.71. The van der Waals surface area contributed by atoms with E-state index < -0.39 is 5.82 Å². The summed E-state index contributed by atoms with van der Waals surface area (Å²) in [4.78, 5) is 13.4. The number of benzene rings is 1. The average Bonchev–Trinajstić information content (AvgIpc) is 2.30. The van der Waals surface area contributed by atoms with Crippen molar-refractivity contribution in [3.05, 3.63) is 29.1 Å². The Morgan fingerprint density at radius 1 is 1.38 bits per heavy atom. The van der Waals surface area contributed by atoms with E-state index in [1.165, 1.54) is 20.3 Å². The summed E-state index contributed by atoms with van der Waals surface area (Å²) < 4.78 is 23.6. The van der Waals surface area contributed by atoms with Crippen LogP contribution in [0.2, 0.25) is 0 Å². The van der Waals surface area contributed by atoms with Gasteiger partial charge < -0.3 is 9.47 Å². The molecule has 0 bridgehead atoms.